The number of hydrogen-bond acceptors (Lipinski definition) is 5. The Hall–Kier alpha value is -3.12. The first kappa shape index (κ1) is 16.4. The first-order valence-corrected chi connectivity index (χ1v) is 8.48. The molecule has 1 fully saturated rings. The third-order valence-electron chi connectivity index (χ3n) is 4.67. The first-order chi connectivity index (χ1) is 12.7. The van der Waals surface area contributed by atoms with Crippen LogP contribution in [0.1, 0.15) is 27.3 Å². The zero-order valence-corrected chi connectivity index (χ0v) is 14.0. The van der Waals surface area contributed by atoms with Crippen LogP contribution in [0.4, 0.5) is 0 Å². The van der Waals surface area contributed by atoms with E-state index in [2.05, 4.69) is 10.6 Å². The monoisotopic (exact) mass is 350 g/mol. The fourth-order valence-electron chi connectivity index (χ4n) is 3.27. The summed E-state index contributed by atoms with van der Waals surface area (Å²) in [7, 11) is 0. The fraction of sp³-hybridized carbons (Fsp3) is 0.200. The van der Waals surface area contributed by atoms with E-state index in [-0.39, 0.29) is 29.0 Å². The number of benzene rings is 2. The van der Waals surface area contributed by atoms with Crippen molar-refractivity contribution >= 4 is 23.0 Å². The summed E-state index contributed by atoms with van der Waals surface area (Å²) in [6, 6.07) is 12.2. The molecule has 1 aromatic heterocycles. The zero-order valence-electron chi connectivity index (χ0n) is 14.0. The number of rotatable bonds is 4. The second-order valence-electron chi connectivity index (χ2n) is 6.38. The third kappa shape index (κ3) is 2.95. The van der Waals surface area contributed by atoms with Crippen LogP contribution in [-0.2, 0) is 0 Å². The van der Waals surface area contributed by atoms with E-state index in [4.69, 9.17) is 4.42 Å². The molecule has 1 atom stereocenters. The highest BCUT2D eigenvalue weighted by molar-refractivity contribution is 6.02. The van der Waals surface area contributed by atoms with Gasteiger partial charge in [0.05, 0.1) is 5.56 Å². The number of hydrogen-bond donors (Lipinski definition) is 3. The lowest BCUT2D eigenvalue weighted by Gasteiger charge is -2.09. The van der Waals surface area contributed by atoms with Crippen LogP contribution in [0.3, 0.4) is 0 Å². The van der Waals surface area contributed by atoms with E-state index in [1.165, 1.54) is 6.07 Å². The van der Waals surface area contributed by atoms with Gasteiger partial charge in [-0.3, -0.25) is 9.59 Å². The van der Waals surface area contributed by atoms with Gasteiger partial charge in [-0.1, -0.05) is 18.2 Å². The highest BCUT2D eigenvalue weighted by Gasteiger charge is 2.20. The molecule has 4 rings (SSSR count). The Kier molecular flexibility index (Phi) is 4.18. The Bertz CT molecular complexity index is 987. The van der Waals surface area contributed by atoms with Crippen molar-refractivity contribution < 1.29 is 19.1 Å². The Morgan fingerprint density at radius 3 is 2.88 bits per heavy atom. The third-order valence-corrected chi connectivity index (χ3v) is 4.67. The lowest BCUT2D eigenvalue weighted by Crippen LogP contribution is -2.35. The molecule has 3 N–H and O–H groups in total. The van der Waals surface area contributed by atoms with Crippen LogP contribution in [0.5, 0.6) is 5.75 Å². The molecule has 3 aromatic rings. The highest BCUT2D eigenvalue weighted by atomic mass is 16.3. The van der Waals surface area contributed by atoms with Crippen molar-refractivity contribution in [3.63, 3.8) is 0 Å². The van der Waals surface area contributed by atoms with Crippen LogP contribution in [0.25, 0.3) is 22.1 Å². The summed E-state index contributed by atoms with van der Waals surface area (Å²) in [5.74, 6) is 0.575. The summed E-state index contributed by atoms with van der Waals surface area (Å²) in [5.41, 5.74) is 1.06. The molecular weight excluding hydrogens is 332 g/mol. The molecule has 2 heterocycles. The number of carbonyl (C=O) groups is 2. The summed E-state index contributed by atoms with van der Waals surface area (Å²) in [4.78, 5) is 23.5. The van der Waals surface area contributed by atoms with Crippen molar-refractivity contribution in [2.75, 3.05) is 13.1 Å². The molecular formula is C20H18N2O4. The van der Waals surface area contributed by atoms with E-state index in [1.807, 2.05) is 6.07 Å². The maximum absolute atomic E-state index is 12.3. The minimum absolute atomic E-state index is 0.0430. The molecule has 132 valence electrons. The van der Waals surface area contributed by atoms with Crippen LogP contribution in [0, 0.1) is 0 Å². The average Bonchev–Trinajstić information content (AvgIpc) is 3.33. The molecule has 0 saturated carbocycles. The van der Waals surface area contributed by atoms with Gasteiger partial charge in [0.1, 0.15) is 11.5 Å². The van der Waals surface area contributed by atoms with Gasteiger partial charge < -0.3 is 20.2 Å². The average molecular weight is 350 g/mol. The Morgan fingerprint density at radius 2 is 2.12 bits per heavy atom. The molecule has 0 spiro atoms. The van der Waals surface area contributed by atoms with Gasteiger partial charge in [0, 0.05) is 18.2 Å². The number of phenolic OH excluding ortho intramolecular Hbond substituents is 1. The SMILES string of the molecule is O=Cc1c(O)ccc2cc(-c3ccc(C(=O)NC4CCNC4)o3)ccc12. The molecule has 26 heavy (non-hydrogen) atoms. The van der Waals surface area contributed by atoms with Gasteiger partial charge in [-0.05, 0) is 48.0 Å². The molecule has 6 heteroatoms. The van der Waals surface area contributed by atoms with Crippen molar-refractivity contribution in [1.29, 1.82) is 0 Å². The largest absolute Gasteiger partial charge is 0.507 e. The minimum atomic E-state index is -0.223. The van der Waals surface area contributed by atoms with E-state index in [1.54, 1.807) is 30.3 Å². The number of amides is 1. The smallest absolute Gasteiger partial charge is 0.287 e. The highest BCUT2D eigenvalue weighted by Crippen LogP contribution is 2.30. The van der Waals surface area contributed by atoms with Gasteiger partial charge in [0.15, 0.2) is 12.0 Å². The summed E-state index contributed by atoms with van der Waals surface area (Å²) < 4.78 is 5.72. The molecule has 0 aliphatic carbocycles. The molecule has 1 aliphatic heterocycles. The molecule has 1 unspecified atom stereocenters. The topological polar surface area (TPSA) is 91.6 Å². The standard InChI is InChI=1S/C20H18N2O4/c23-11-16-15-3-1-13(9-12(15)2-4-17(16)24)18-5-6-19(26-18)20(25)22-14-7-8-21-10-14/h1-6,9,11,14,21,24H,7-8,10H2,(H,22,25). The molecule has 6 nitrogen and oxygen atoms in total. The van der Waals surface area contributed by atoms with Crippen molar-refractivity contribution in [3.8, 4) is 17.1 Å². The Morgan fingerprint density at radius 1 is 1.23 bits per heavy atom. The van der Waals surface area contributed by atoms with Crippen molar-refractivity contribution in [3.05, 3.63) is 53.8 Å². The fourth-order valence-corrected chi connectivity index (χ4v) is 3.27. The molecule has 1 aliphatic rings. The minimum Gasteiger partial charge on any atom is -0.507 e. The normalized spacial score (nSPS) is 16.7. The van der Waals surface area contributed by atoms with Crippen LogP contribution >= 0.6 is 0 Å². The number of furan rings is 1. The maximum Gasteiger partial charge on any atom is 0.287 e. The molecule has 0 radical (unpaired) electrons. The van der Waals surface area contributed by atoms with Gasteiger partial charge in [-0.15, -0.1) is 0 Å². The number of phenols is 1. The van der Waals surface area contributed by atoms with Crippen molar-refractivity contribution in [1.82, 2.24) is 10.6 Å². The Labute approximate surface area is 149 Å². The van der Waals surface area contributed by atoms with Crippen LogP contribution in [-0.4, -0.2) is 36.4 Å². The van der Waals surface area contributed by atoms with E-state index in [9.17, 15) is 14.7 Å². The quantitative estimate of drug-likeness (QED) is 0.629. The Balaban J connectivity index is 1.61. The predicted molar refractivity (Wildman–Crippen MR) is 97.4 cm³/mol. The second-order valence-corrected chi connectivity index (χ2v) is 6.38. The van der Waals surface area contributed by atoms with Crippen LogP contribution < -0.4 is 10.6 Å². The van der Waals surface area contributed by atoms with Gasteiger partial charge in [0.2, 0.25) is 0 Å². The summed E-state index contributed by atoms with van der Waals surface area (Å²) >= 11 is 0. The van der Waals surface area contributed by atoms with E-state index >= 15 is 0 Å². The molecule has 2 aromatic carbocycles. The lowest BCUT2D eigenvalue weighted by atomic mass is 10.0. The van der Waals surface area contributed by atoms with E-state index in [0.717, 1.165) is 30.5 Å². The van der Waals surface area contributed by atoms with Crippen LogP contribution in [0.15, 0.2) is 46.9 Å². The number of fused-ring (bicyclic) bond motifs is 1. The first-order valence-electron chi connectivity index (χ1n) is 8.48. The maximum atomic E-state index is 12.3. The van der Waals surface area contributed by atoms with Crippen LogP contribution in [0.2, 0.25) is 0 Å². The van der Waals surface area contributed by atoms with Gasteiger partial charge in [-0.2, -0.15) is 0 Å². The number of nitrogens with one attached hydrogen (secondary N) is 2. The summed E-state index contributed by atoms with van der Waals surface area (Å²) in [6.45, 7) is 1.68. The van der Waals surface area contributed by atoms with Crippen molar-refractivity contribution in [2.45, 2.75) is 12.5 Å². The molecule has 1 amide bonds. The van der Waals surface area contributed by atoms with E-state index in [0.29, 0.717) is 17.4 Å². The van der Waals surface area contributed by atoms with Crippen molar-refractivity contribution in [2.24, 2.45) is 0 Å². The zero-order chi connectivity index (χ0) is 18.1. The van der Waals surface area contributed by atoms with Gasteiger partial charge in [0.25, 0.3) is 5.91 Å². The van der Waals surface area contributed by atoms with Gasteiger partial charge in [-0.25, -0.2) is 0 Å². The van der Waals surface area contributed by atoms with Gasteiger partial charge >= 0.3 is 0 Å². The second kappa shape index (κ2) is 6.65. The lowest BCUT2D eigenvalue weighted by molar-refractivity contribution is 0.0912. The summed E-state index contributed by atoms with van der Waals surface area (Å²) in [5, 5.41) is 17.4. The number of aromatic hydroxyl groups is 1. The predicted octanol–water partition coefficient (Wildman–Crippen LogP) is 2.71. The number of carbonyl (C=O) groups excluding carboxylic acids is 2. The molecule has 0 bridgehead atoms. The number of aldehydes is 1. The summed E-state index contributed by atoms with van der Waals surface area (Å²) in [6.07, 6.45) is 1.56. The molecule has 1 saturated heterocycles. The van der Waals surface area contributed by atoms with E-state index < -0.39 is 0 Å².